The number of ketones is 1. The number of benzene rings is 2. The molecule has 12 N–H and O–H groups in total. The van der Waals surface area contributed by atoms with Gasteiger partial charge in [-0.25, -0.2) is 11.7 Å². The average Bonchev–Trinajstić information content (AvgIpc) is 2.78. The van der Waals surface area contributed by atoms with Crippen LogP contribution < -0.4 is 45.1 Å². The van der Waals surface area contributed by atoms with Crippen LogP contribution in [0.25, 0.3) is 0 Å². The van der Waals surface area contributed by atoms with E-state index in [2.05, 4.69) is 10.9 Å². The zero-order valence-corrected chi connectivity index (χ0v) is 15.6. The van der Waals surface area contributed by atoms with Crippen molar-refractivity contribution in [1.82, 2.24) is 10.9 Å². The maximum atomic E-state index is 11.1. The van der Waals surface area contributed by atoms with E-state index in [0.717, 1.165) is 0 Å². The summed E-state index contributed by atoms with van der Waals surface area (Å²) in [6.07, 6.45) is 0.278. The topological polar surface area (TPSA) is 220 Å². The van der Waals surface area contributed by atoms with Crippen LogP contribution in [0.5, 0.6) is 0 Å². The maximum absolute atomic E-state index is 11.1. The van der Waals surface area contributed by atoms with Crippen molar-refractivity contribution in [2.45, 2.75) is 6.92 Å². The second-order valence-electron chi connectivity index (χ2n) is 5.06. The number of aldehydes is 1. The summed E-state index contributed by atoms with van der Waals surface area (Å²) in [5.41, 5.74) is 10.8. The van der Waals surface area contributed by atoms with Gasteiger partial charge in [-0.1, -0.05) is 24.3 Å². The second-order valence-corrected chi connectivity index (χ2v) is 5.06. The van der Waals surface area contributed by atoms with E-state index in [-0.39, 0.29) is 47.7 Å². The van der Waals surface area contributed by atoms with Crippen molar-refractivity contribution in [2.24, 2.45) is 23.4 Å². The van der Waals surface area contributed by atoms with Crippen LogP contribution in [0, 0.1) is 0 Å². The van der Waals surface area contributed by atoms with Gasteiger partial charge in [0, 0.05) is 6.92 Å². The molecule has 2 aromatic rings. The van der Waals surface area contributed by atoms with Crippen molar-refractivity contribution in [3.63, 3.8) is 0 Å². The molecule has 30 heavy (non-hydrogen) atoms. The fourth-order valence-corrected chi connectivity index (χ4v) is 1.77. The molecular formula is C17H25N8NaO4. The molecule has 0 atom stereocenters. The number of amides is 2. The van der Waals surface area contributed by atoms with Crippen molar-refractivity contribution >= 4 is 64.8 Å². The van der Waals surface area contributed by atoms with Crippen molar-refractivity contribution in [2.75, 3.05) is 10.9 Å². The van der Waals surface area contributed by atoms with Gasteiger partial charge in [0.25, 0.3) is 11.8 Å². The SMILES string of the molecule is CC(=O)C=O.NNC(=O)c1ccccc1NN.NNC(=O)c1ccccc1NN.[NaH]. The minimum absolute atomic E-state index is 0. The molecule has 0 aliphatic carbocycles. The quantitative estimate of drug-likeness (QED) is 0.0671. The van der Waals surface area contributed by atoms with Crippen LogP contribution in [-0.4, -0.2) is 53.4 Å². The van der Waals surface area contributed by atoms with E-state index in [1.165, 1.54) is 6.92 Å². The summed E-state index contributed by atoms with van der Waals surface area (Å²) in [5.74, 6) is 19.1. The standard InChI is InChI=1S/2C7H10N4O.C3H4O2.Na.H/c2*8-10-6-4-2-1-3-5(6)7(12)11-9;1-3(5)2-4;;/h2*1-4,10H,8-9H2,(H,11,12);2H,1H3;;. The molecule has 0 saturated heterocycles. The number of carbonyl (C=O) groups excluding carboxylic acids is 4. The molecule has 158 valence electrons. The van der Waals surface area contributed by atoms with Crippen LogP contribution in [0.15, 0.2) is 48.5 Å². The molecule has 0 aliphatic rings. The Labute approximate surface area is 195 Å². The first kappa shape index (κ1) is 29.4. The third-order valence-electron chi connectivity index (χ3n) is 3.08. The van der Waals surface area contributed by atoms with Crippen LogP contribution in [0.4, 0.5) is 11.4 Å². The Morgan fingerprint density at radius 1 is 0.733 bits per heavy atom. The van der Waals surface area contributed by atoms with Crippen molar-refractivity contribution in [3.8, 4) is 0 Å². The molecular weight excluding hydrogens is 403 g/mol. The Morgan fingerprint density at radius 2 is 1.03 bits per heavy atom. The first-order valence-corrected chi connectivity index (χ1v) is 7.95. The van der Waals surface area contributed by atoms with Crippen LogP contribution in [0.3, 0.4) is 0 Å². The molecule has 2 amide bonds. The summed E-state index contributed by atoms with van der Waals surface area (Å²) in [6.45, 7) is 1.22. The molecule has 12 nitrogen and oxygen atoms in total. The molecule has 0 fully saturated rings. The third kappa shape index (κ3) is 10.6. The molecule has 0 heterocycles. The Kier molecular flexibility index (Phi) is 16.7. The van der Waals surface area contributed by atoms with Gasteiger partial charge in [-0.15, -0.1) is 0 Å². The predicted molar refractivity (Wildman–Crippen MR) is 116 cm³/mol. The van der Waals surface area contributed by atoms with E-state index in [9.17, 15) is 14.4 Å². The van der Waals surface area contributed by atoms with Gasteiger partial charge in [0.2, 0.25) is 0 Å². The number of Topliss-reactive ketones (excluding diaryl/α,β-unsaturated/α-hetero) is 1. The fourth-order valence-electron chi connectivity index (χ4n) is 1.77. The number of carbonyl (C=O) groups is 4. The minimum atomic E-state index is -0.426. The summed E-state index contributed by atoms with van der Waals surface area (Å²) >= 11 is 0. The van der Waals surface area contributed by atoms with E-state index in [0.29, 0.717) is 22.5 Å². The molecule has 2 rings (SSSR count). The molecule has 0 bridgehead atoms. The van der Waals surface area contributed by atoms with Crippen LogP contribution in [0.2, 0.25) is 0 Å². The average molecular weight is 428 g/mol. The predicted octanol–water partition coefficient (Wildman–Crippen LogP) is -1.72. The van der Waals surface area contributed by atoms with Crippen LogP contribution in [-0.2, 0) is 9.59 Å². The summed E-state index contributed by atoms with van der Waals surface area (Å²) < 4.78 is 0. The molecule has 2 aromatic carbocycles. The van der Waals surface area contributed by atoms with Crippen LogP contribution >= 0.6 is 0 Å². The Hall–Kier alpha value is -2.84. The number of nitrogens with one attached hydrogen (secondary N) is 4. The molecule has 0 aliphatic heterocycles. The first-order chi connectivity index (χ1) is 13.9. The third-order valence-corrected chi connectivity index (χ3v) is 3.08. The number of rotatable bonds is 5. The summed E-state index contributed by atoms with van der Waals surface area (Å²) in [4.78, 5) is 40.7. The van der Waals surface area contributed by atoms with E-state index < -0.39 is 5.78 Å². The number of para-hydroxylation sites is 2. The van der Waals surface area contributed by atoms with Crippen molar-refractivity contribution in [1.29, 1.82) is 0 Å². The molecule has 0 aromatic heterocycles. The van der Waals surface area contributed by atoms with E-state index >= 15 is 0 Å². The number of nitrogen functional groups attached to an aromatic ring is 4. The summed E-state index contributed by atoms with van der Waals surface area (Å²) in [6, 6.07) is 13.6. The van der Waals surface area contributed by atoms with Gasteiger partial charge >= 0.3 is 29.6 Å². The number of hydrogen-bond acceptors (Lipinski definition) is 10. The monoisotopic (exact) mass is 428 g/mol. The van der Waals surface area contributed by atoms with E-state index in [1.54, 1.807) is 48.5 Å². The first-order valence-electron chi connectivity index (χ1n) is 7.95. The Balaban J connectivity index is 0. The van der Waals surface area contributed by atoms with Gasteiger partial charge in [-0.05, 0) is 24.3 Å². The fraction of sp³-hybridized carbons (Fsp3) is 0.0588. The summed E-state index contributed by atoms with van der Waals surface area (Å²) in [7, 11) is 0. The zero-order chi connectivity index (χ0) is 22.2. The van der Waals surface area contributed by atoms with Gasteiger partial charge < -0.3 is 10.9 Å². The number of hydrazine groups is 4. The molecule has 0 spiro atoms. The van der Waals surface area contributed by atoms with E-state index in [4.69, 9.17) is 28.2 Å². The Morgan fingerprint density at radius 3 is 1.27 bits per heavy atom. The molecule has 0 saturated carbocycles. The molecule has 0 unspecified atom stereocenters. The molecule has 13 heteroatoms. The van der Waals surface area contributed by atoms with Crippen molar-refractivity contribution in [3.05, 3.63) is 59.7 Å². The number of anilines is 2. The summed E-state index contributed by atoms with van der Waals surface area (Å²) in [5, 5.41) is 0. The Bertz CT molecular complexity index is 775. The van der Waals surface area contributed by atoms with Gasteiger partial charge in [-0.3, -0.25) is 41.7 Å². The molecule has 0 radical (unpaired) electrons. The zero-order valence-electron chi connectivity index (χ0n) is 15.6. The van der Waals surface area contributed by atoms with E-state index in [1.807, 2.05) is 10.9 Å². The second kappa shape index (κ2) is 17.1. The number of hydrogen-bond donors (Lipinski definition) is 8. The van der Waals surface area contributed by atoms with Gasteiger partial charge in [-0.2, -0.15) is 0 Å². The normalized spacial score (nSPS) is 8.43. The van der Waals surface area contributed by atoms with Crippen molar-refractivity contribution < 1.29 is 19.2 Å². The van der Waals surface area contributed by atoms with Crippen LogP contribution in [0.1, 0.15) is 27.6 Å². The van der Waals surface area contributed by atoms with Gasteiger partial charge in [0.1, 0.15) is 0 Å². The van der Waals surface area contributed by atoms with Gasteiger partial charge in [0.15, 0.2) is 12.1 Å². The van der Waals surface area contributed by atoms with Gasteiger partial charge in [0.05, 0.1) is 22.5 Å². The number of nitrogens with two attached hydrogens (primary N) is 4.